The smallest absolute Gasteiger partial charge is 0.387 e. The fourth-order valence-corrected chi connectivity index (χ4v) is 7.06. The van der Waals surface area contributed by atoms with Crippen molar-refractivity contribution in [2.24, 2.45) is 5.73 Å². The summed E-state index contributed by atoms with van der Waals surface area (Å²) in [5.41, 5.74) is 11.5. The highest BCUT2D eigenvalue weighted by Crippen LogP contribution is 2.60. The first-order valence-corrected chi connectivity index (χ1v) is 16.2. The zero-order chi connectivity index (χ0) is 32.8. The summed E-state index contributed by atoms with van der Waals surface area (Å²) in [4.78, 5) is 44.5. The third-order valence-electron chi connectivity index (χ3n) is 7.28. The fraction of sp³-hybridized carbons (Fsp3) is 0.619. The molecule has 2 aromatic rings. The summed E-state index contributed by atoms with van der Waals surface area (Å²) >= 11 is 0. The monoisotopic (exact) mass is 683 g/mol. The number of aliphatic hydroxyl groups excluding tert-OH is 5. The topological polar surface area (TPSA) is 338 Å². The van der Waals surface area contributed by atoms with Gasteiger partial charge in [-0.2, -0.15) is 4.31 Å². The largest absolute Gasteiger partial charge is 0.481 e. The Balaban J connectivity index is 1.15. The zero-order valence-corrected chi connectivity index (χ0v) is 24.7. The van der Waals surface area contributed by atoms with Gasteiger partial charge in [-0.3, -0.25) is 18.4 Å². The third-order valence-corrected chi connectivity index (χ3v) is 9.88. The van der Waals surface area contributed by atoms with E-state index in [1.165, 1.54) is 10.9 Å². The van der Waals surface area contributed by atoms with Gasteiger partial charge >= 0.3 is 15.6 Å². The van der Waals surface area contributed by atoms with Gasteiger partial charge in [0.05, 0.1) is 19.5 Å². The van der Waals surface area contributed by atoms with E-state index in [4.69, 9.17) is 25.5 Å². The lowest BCUT2D eigenvalue weighted by molar-refractivity contribution is -0.137. The number of nitrogens with two attached hydrogens (primary N) is 2. The molecular formula is C21H31N7O15P2. The minimum atomic E-state index is -5.41. The molecule has 0 aromatic carbocycles. The number of ether oxygens (including phenoxy) is 2. The molecule has 5 heterocycles. The fourth-order valence-electron chi connectivity index (χ4n) is 4.97. The summed E-state index contributed by atoms with van der Waals surface area (Å²) in [5, 5.41) is 52.0. The highest BCUT2D eigenvalue weighted by molar-refractivity contribution is 7.61. The number of anilines is 1. The molecule has 250 valence electrons. The molecule has 1 amide bonds. The van der Waals surface area contributed by atoms with Crippen molar-refractivity contribution >= 4 is 38.5 Å². The van der Waals surface area contributed by atoms with Gasteiger partial charge in [-0.1, -0.05) is 0 Å². The molecule has 5 rings (SSSR count). The Hall–Kier alpha value is -2.66. The summed E-state index contributed by atoms with van der Waals surface area (Å²) in [6, 6.07) is 0. The average molecular weight is 683 g/mol. The maximum Gasteiger partial charge on any atom is 0.481 e. The number of primary amides is 1. The molecule has 0 radical (unpaired) electrons. The van der Waals surface area contributed by atoms with Crippen molar-refractivity contribution in [3.63, 3.8) is 0 Å². The molecular weight excluding hydrogens is 652 g/mol. The van der Waals surface area contributed by atoms with E-state index in [0.717, 1.165) is 17.4 Å². The molecule has 2 saturated heterocycles. The lowest BCUT2D eigenvalue weighted by Crippen LogP contribution is -2.48. The molecule has 3 aliphatic heterocycles. The van der Waals surface area contributed by atoms with E-state index < -0.39 is 90.1 Å². The van der Waals surface area contributed by atoms with Crippen molar-refractivity contribution in [2.45, 2.75) is 68.1 Å². The quantitative estimate of drug-likeness (QED) is 0.104. The number of carbonyl (C=O) groups is 1. The second kappa shape index (κ2) is 12.9. The molecule has 0 saturated carbocycles. The van der Waals surface area contributed by atoms with E-state index >= 15 is 0 Å². The first-order valence-electron chi connectivity index (χ1n) is 13.2. The summed E-state index contributed by atoms with van der Waals surface area (Å²) in [7, 11) is -10.8. The standard InChI is InChI=1S/C21H31N7O15P2/c22-17-12-19(25-6-24-17)28(7-26-12)21-16(33)14(31)10(42-21)5-40-45(37,38)43-44(35,36)39-4-9-13(30)15(32)20(41-9)27-3-8(18(23)34)1-2-11(27)29/h3,6-7,9-11,13-16,20-21,29-33H,1-2,4-5H2,(H2,23,34)(H,35,36)(H,37,38)(H2,22,24,25). The molecule has 11 unspecified atom stereocenters. The predicted molar refractivity (Wildman–Crippen MR) is 143 cm³/mol. The van der Waals surface area contributed by atoms with Crippen LogP contribution in [0, 0.1) is 0 Å². The number of phosphoric ester groups is 2. The minimum Gasteiger partial charge on any atom is -0.387 e. The van der Waals surface area contributed by atoms with E-state index in [1.54, 1.807) is 0 Å². The number of nitrogen functional groups attached to an aromatic ring is 1. The van der Waals surface area contributed by atoms with Crippen molar-refractivity contribution in [2.75, 3.05) is 18.9 Å². The number of aromatic nitrogens is 4. The average Bonchev–Trinajstić information content (AvgIpc) is 3.61. The zero-order valence-electron chi connectivity index (χ0n) is 22.9. The third kappa shape index (κ3) is 7.04. The van der Waals surface area contributed by atoms with Crippen LogP contribution in [0.2, 0.25) is 0 Å². The highest BCUT2D eigenvalue weighted by atomic mass is 31.3. The lowest BCUT2D eigenvalue weighted by Gasteiger charge is -2.36. The van der Waals surface area contributed by atoms with Crippen LogP contribution in [-0.2, 0) is 36.8 Å². The van der Waals surface area contributed by atoms with E-state index in [0.29, 0.717) is 0 Å². The number of aliphatic hydroxyl groups is 5. The van der Waals surface area contributed by atoms with Crippen molar-refractivity contribution in [1.29, 1.82) is 0 Å². The number of nitrogens with zero attached hydrogens (tertiary/aromatic N) is 5. The molecule has 0 aliphatic carbocycles. The van der Waals surface area contributed by atoms with Gasteiger partial charge in [-0.05, 0) is 12.8 Å². The van der Waals surface area contributed by atoms with Crippen molar-refractivity contribution < 1.29 is 72.1 Å². The number of imidazole rings is 1. The number of fused-ring (bicyclic) bond motifs is 1. The number of hydrogen-bond donors (Lipinski definition) is 9. The summed E-state index contributed by atoms with van der Waals surface area (Å²) in [5.74, 6) is -0.728. The van der Waals surface area contributed by atoms with Crippen LogP contribution < -0.4 is 11.5 Å². The maximum atomic E-state index is 12.4. The van der Waals surface area contributed by atoms with Crippen LogP contribution in [0.25, 0.3) is 11.2 Å². The summed E-state index contributed by atoms with van der Waals surface area (Å²) in [6.07, 6.45) is -9.86. The molecule has 22 nitrogen and oxygen atoms in total. The Labute approximate surface area is 252 Å². The van der Waals surface area contributed by atoms with Crippen LogP contribution >= 0.6 is 15.6 Å². The van der Waals surface area contributed by atoms with Crippen LogP contribution in [0.15, 0.2) is 24.4 Å². The predicted octanol–water partition coefficient (Wildman–Crippen LogP) is -3.49. The Kier molecular flexibility index (Phi) is 9.63. The van der Waals surface area contributed by atoms with E-state index in [2.05, 4.69) is 23.8 Å². The number of rotatable bonds is 11. The first kappa shape index (κ1) is 33.7. The van der Waals surface area contributed by atoms with E-state index in [-0.39, 0.29) is 35.4 Å². The van der Waals surface area contributed by atoms with Gasteiger partial charge in [0.15, 0.2) is 23.9 Å². The number of amides is 1. The summed E-state index contributed by atoms with van der Waals surface area (Å²) in [6.45, 7) is -1.87. The molecule has 11 N–H and O–H groups in total. The second-order valence-corrected chi connectivity index (χ2v) is 13.3. The van der Waals surface area contributed by atoms with Crippen LogP contribution in [0.1, 0.15) is 19.1 Å². The molecule has 11 atom stereocenters. The molecule has 0 spiro atoms. The van der Waals surface area contributed by atoms with Gasteiger partial charge in [0, 0.05) is 11.8 Å². The molecule has 2 fully saturated rings. The minimum absolute atomic E-state index is 0.0439. The van der Waals surface area contributed by atoms with E-state index in [1.807, 2.05) is 0 Å². The highest BCUT2D eigenvalue weighted by Gasteiger charge is 2.49. The second-order valence-electron chi connectivity index (χ2n) is 10.3. The van der Waals surface area contributed by atoms with Gasteiger partial charge in [0.25, 0.3) is 0 Å². The normalized spacial score (nSPS) is 34.9. The lowest BCUT2D eigenvalue weighted by atomic mass is 10.0. The SMILES string of the molecule is NC(=O)C1=CN(C2OC(COP(=O)(O)OP(=O)(O)OCC3OC(n4cnc5c(N)ncnc54)C(O)C3O)C(O)C2O)C(O)CC1. The van der Waals surface area contributed by atoms with Crippen molar-refractivity contribution in [3.05, 3.63) is 24.4 Å². The van der Waals surface area contributed by atoms with Gasteiger partial charge < -0.3 is 61.2 Å². The Morgan fingerprint density at radius 2 is 1.51 bits per heavy atom. The Bertz CT molecular complexity index is 1550. The van der Waals surface area contributed by atoms with Crippen LogP contribution in [0.5, 0.6) is 0 Å². The summed E-state index contributed by atoms with van der Waals surface area (Å²) < 4.78 is 50.8. The molecule has 0 bridgehead atoms. The molecule has 2 aromatic heterocycles. The maximum absolute atomic E-state index is 12.4. The Morgan fingerprint density at radius 1 is 0.933 bits per heavy atom. The molecule has 24 heteroatoms. The van der Waals surface area contributed by atoms with Crippen LogP contribution in [0.4, 0.5) is 5.82 Å². The Morgan fingerprint density at radius 3 is 2.11 bits per heavy atom. The van der Waals surface area contributed by atoms with Crippen LogP contribution in [-0.4, -0.2) is 128 Å². The molecule has 3 aliphatic rings. The van der Waals surface area contributed by atoms with Gasteiger partial charge in [-0.15, -0.1) is 0 Å². The number of carbonyl (C=O) groups excluding carboxylic acids is 1. The number of phosphoric acid groups is 2. The van der Waals surface area contributed by atoms with Crippen molar-refractivity contribution in [3.8, 4) is 0 Å². The van der Waals surface area contributed by atoms with Gasteiger partial charge in [-0.25, -0.2) is 24.1 Å². The first-order chi connectivity index (χ1) is 21.1. The number of hydrogen-bond acceptors (Lipinski definition) is 18. The van der Waals surface area contributed by atoms with Crippen LogP contribution in [0.3, 0.4) is 0 Å². The van der Waals surface area contributed by atoms with Crippen molar-refractivity contribution in [1.82, 2.24) is 24.4 Å². The van der Waals surface area contributed by atoms with Gasteiger partial charge in [0.2, 0.25) is 5.91 Å². The van der Waals surface area contributed by atoms with Gasteiger partial charge in [0.1, 0.15) is 54.7 Å². The van der Waals surface area contributed by atoms with E-state index in [9.17, 15) is 49.2 Å². The molecule has 45 heavy (non-hydrogen) atoms.